The number of aliphatic hydroxyl groups is 1. The molecule has 1 aromatic rings. The van der Waals surface area contributed by atoms with Gasteiger partial charge in [0.1, 0.15) is 5.69 Å². The Hall–Kier alpha value is -1.95. The standard InChI is InChI=1S/C14H18N2O4/c1-9(17)10-6-7-11(13(8-10)16(19)20)15-12-4-2-3-5-14(12)18/h6-8,12,14-15,18H,2-5H2,1H3/t12-,14-/m0/s1. The maximum Gasteiger partial charge on any atom is 0.293 e. The van der Waals surface area contributed by atoms with Crippen molar-refractivity contribution in [3.63, 3.8) is 0 Å². The van der Waals surface area contributed by atoms with Crippen LogP contribution in [0.5, 0.6) is 0 Å². The molecule has 6 heteroatoms. The summed E-state index contributed by atoms with van der Waals surface area (Å²) in [6.07, 6.45) is 2.97. The number of ketones is 1. The first-order valence-electron chi connectivity index (χ1n) is 6.73. The van der Waals surface area contributed by atoms with Gasteiger partial charge in [-0.2, -0.15) is 0 Å². The molecule has 108 valence electrons. The van der Waals surface area contributed by atoms with Gasteiger partial charge in [-0.25, -0.2) is 0 Å². The van der Waals surface area contributed by atoms with Crippen LogP contribution in [0.4, 0.5) is 11.4 Å². The van der Waals surface area contributed by atoms with Crippen LogP contribution in [-0.2, 0) is 0 Å². The molecule has 1 fully saturated rings. The summed E-state index contributed by atoms with van der Waals surface area (Å²) in [7, 11) is 0. The molecule has 1 saturated carbocycles. The van der Waals surface area contributed by atoms with Crippen molar-refractivity contribution in [2.24, 2.45) is 0 Å². The lowest BCUT2D eigenvalue weighted by molar-refractivity contribution is -0.384. The van der Waals surface area contributed by atoms with E-state index in [1.165, 1.54) is 19.1 Å². The quantitative estimate of drug-likeness (QED) is 0.501. The molecule has 2 N–H and O–H groups in total. The van der Waals surface area contributed by atoms with Crippen molar-refractivity contribution in [2.75, 3.05) is 5.32 Å². The van der Waals surface area contributed by atoms with Gasteiger partial charge in [-0.15, -0.1) is 0 Å². The predicted octanol–water partition coefficient (Wildman–Crippen LogP) is 2.51. The van der Waals surface area contributed by atoms with Crippen molar-refractivity contribution in [1.29, 1.82) is 0 Å². The molecule has 0 unspecified atom stereocenters. The Labute approximate surface area is 117 Å². The van der Waals surface area contributed by atoms with Gasteiger partial charge in [0.05, 0.1) is 17.1 Å². The third kappa shape index (κ3) is 3.14. The molecule has 0 radical (unpaired) electrons. The van der Waals surface area contributed by atoms with E-state index in [1.807, 2.05) is 0 Å². The van der Waals surface area contributed by atoms with Gasteiger partial charge in [-0.1, -0.05) is 12.8 Å². The van der Waals surface area contributed by atoms with Crippen molar-refractivity contribution in [2.45, 2.75) is 44.8 Å². The van der Waals surface area contributed by atoms with Crippen molar-refractivity contribution >= 4 is 17.2 Å². The van der Waals surface area contributed by atoms with Crippen molar-refractivity contribution in [3.05, 3.63) is 33.9 Å². The van der Waals surface area contributed by atoms with Crippen molar-refractivity contribution in [1.82, 2.24) is 0 Å². The van der Waals surface area contributed by atoms with Crippen LogP contribution in [0.3, 0.4) is 0 Å². The molecule has 0 heterocycles. The van der Waals surface area contributed by atoms with E-state index in [2.05, 4.69) is 5.32 Å². The molecular formula is C14H18N2O4. The summed E-state index contributed by atoms with van der Waals surface area (Å²) >= 11 is 0. The Morgan fingerprint density at radius 2 is 2.10 bits per heavy atom. The minimum absolute atomic E-state index is 0.129. The number of rotatable bonds is 4. The van der Waals surface area contributed by atoms with E-state index in [0.717, 1.165) is 19.3 Å². The number of carbonyl (C=O) groups is 1. The fraction of sp³-hybridized carbons (Fsp3) is 0.500. The molecule has 0 bridgehead atoms. The number of hydrogen-bond acceptors (Lipinski definition) is 5. The molecular weight excluding hydrogens is 260 g/mol. The first-order chi connectivity index (χ1) is 9.49. The average molecular weight is 278 g/mol. The van der Waals surface area contributed by atoms with Crippen LogP contribution in [0.1, 0.15) is 43.0 Å². The molecule has 2 rings (SSSR count). The van der Waals surface area contributed by atoms with E-state index in [4.69, 9.17) is 0 Å². The third-order valence-corrected chi connectivity index (χ3v) is 3.67. The molecule has 0 spiro atoms. The van der Waals surface area contributed by atoms with Crippen molar-refractivity contribution in [3.8, 4) is 0 Å². The van der Waals surface area contributed by atoms with Crippen LogP contribution in [0.15, 0.2) is 18.2 Å². The number of nitrogens with one attached hydrogen (secondary N) is 1. The monoisotopic (exact) mass is 278 g/mol. The fourth-order valence-corrected chi connectivity index (χ4v) is 2.50. The smallest absolute Gasteiger partial charge is 0.293 e. The van der Waals surface area contributed by atoms with Crippen LogP contribution in [0, 0.1) is 10.1 Å². The number of benzene rings is 1. The van der Waals surface area contributed by atoms with E-state index >= 15 is 0 Å². The Balaban J connectivity index is 2.26. The number of aliphatic hydroxyl groups excluding tert-OH is 1. The lowest BCUT2D eigenvalue weighted by atomic mass is 9.92. The van der Waals surface area contributed by atoms with E-state index in [9.17, 15) is 20.0 Å². The number of nitro groups is 1. The second-order valence-corrected chi connectivity index (χ2v) is 5.15. The highest BCUT2D eigenvalue weighted by Gasteiger charge is 2.25. The summed E-state index contributed by atoms with van der Waals surface area (Å²) in [5, 5.41) is 24.1. The molecule has 0 saturated heterocycles. The summed E-state index contributed by atoms with van der Waals surface area (Å²) < 4.78 is 0. The van der Waals surface area contributed by atoms with E-state index in [-0.39, 0.29) is 17.5 Å². The van der Waals surface area contributed by atoms with Crippen LogP contribution < -0.4 is 5.32 Å². The topological polar surface area (TPSA) is 92.5 Å². The van der Waals surface area contributed by atoms with Crippen LogP contribution in [0.25, 0.3) is 0 Å². The van der Waals surface area contributed by atoms with E-state index < -0.39 is 11.0 Å². The zero-order valence-electron chi connectivity index (χ0n) is 11.3. The molecule has 2 atom stereocenters. The van der Waals surface area contributed by atoms with Crippen LogP contribution in [0.2, 0.25) is 0 Å². The maximum absolute atomic E-state index is 11.3. The number of Topliss-reactive ketones (excluding diaryl/α,β-unsaturated/α-hetero) is 1. The first kappa shape index (κ1) is 14.5. The number of nitro benzene ring substituents is 1. The SMILES string of the molecule is CC(=O)c1ccc(N[C@H]2CCCC[C@@H]2O)c([N+](=O)[O-])c1. The van der Waals surface area contributed by atoms with Gasteiger partial charge >= 0.3 is 0 Å². The first-order valence-corrected chi connectivity index (χ1v) is 6.73. The minimum Gasteiger partial charge on any atom is -0.391 e. The number of hydrogen-bond donors (Lipinski definition) is 2. The number of carbonyl (C=O) groups excluding carboxylic acids is 1. The number of anilines is 1. The Bertz CT molecular complexity index is 530. The summed E-state index contributed by atoms with van der Waals surface area (Å²) in [5.74, 6) is -0.211. The van der Waals surface area contributed by atoms with Gasteiger partial charge in [0.15, 0.2) is 5.78 Å². The molecule has 0 amide bonds. The summed E-state index contributed by atoms with van der Waals surface area (Å²) in [4.78, 5) is 21.9. The normalized spacial score (nSPS) is 22.3. The number of nitrogens with zero attached hydrogens (tertiary/aromatic N) is 1. The highest BCUT2D eigenvalue weighted by molar-refractivity contribution is 5.95. The lowest BCUT2D eigenvalue weighted by Gasteiger charge is -2.29. The fourth-order valence-electron chi connectivity index (χ4n) is 2.50. The zero-order chi connectivity index (χ0) is 14.7. The lowest BCUT2D eigenvalue weighted by Crippen LogP contribution is -2.36. The molecule has 0 aliphatic heterocycles. The van der Waals surface area contributed by atoms with Gasteiger partial charge in [0, 0.05) is 11.6 Å². The van der Waals surface area contributed by atoms with Gasteiger partial charge in [-0.05, 0) is 31.9 Å². The Morgan fingerprint density at radius 3 is 2.70 bits per heavy atom. The van der Waals surface area contributed by atoms with Gasteiger partial charge in [-0.3, -0.25) is 14.9 Å². The second kappa shape index (κ2) is 6.00. The minimum atomic E-state index is -0.510. The molecule has 1 aliphatic carbocycles. The van der Waals surface area contributed by atoms with E-state index in [0.29, 0.717) is 17.7 Å². The summed E-state index contributed by atoms with van der Waals surface area (Å²) in [6.45, 7) is 1.37. The van der Waals surface area contributed by atoms with Gasteiger partial charge in [0.2, 0.25) is 0 Å². The zero-order valence-corrected chi connectivity index (χ0v) is 11.3. The Kier molecular flexibility index (Phi) is 4.34. The Morgan fingerprint density at radius 1 is 1.40 bits per heavy atom. The van der Waals surface area contributed by atoms with Crippen molar-refractivity contribution < 1.29 is 14.8 Å². The summed E-state index contributed by atoms with van der Waals surface area (Å²) in [5.41, 5.74) is 0.535. The third-order valence-electron chi connectivity index (χ3n) is 3.67. The molecule has 6 nitrogen and oxygen atoms in total. The summed E-state index contributed by atoms with van der Waals surface area (Å²) in [6, 6.07) is 4.20. The highest BCUT2D eigenvalue weighted by atomic mass is 16.6. The highest BCUT2D eigenvalue weighted by Crippen LogP contribution is 2.29. The van der Waals surface area contributed by atoms with E-state index in [1.54, 1.807) is 6.07 Å². The molecule has 1 aliphatic rings. The second-order valence-electron chi connectivity index (χ2n) is 5.15. The van der Waals surface area contributed by atoms with Gasteiger partial charge < -0.3 is 10.4 Å². The van der Waals surface area contributed by atoms with Crippen LogP contribution in [-0.4, -0.2) is 28.0 Å². The largest absolute Gasteiger partial charge is 0.391 e. The molecule has 1 aromatic carbocycles. The average Bonchev–Trinajstić information content (AvgIpc) is 2.41. The molecule has 20 heavy (non-hydrogen) atoms. The maximum atomic E-state index is 11.3. The van der Waals surface area contributed by atoms with Gasteiger partial charge in [0.25, 0.3) is 5.69 Å². The molecule has 0 aromatic heterocycles. The van der Waals surface area contributed by atoms with Crippen LogP contribution >= 0.6 is 0 Å². The predicted molar refractivity (Wildman–Crippen MR) is 75.0 cm³/mol.